The van der Waals surface area contributed by atoms with Crippen molar-refractivity contribution in [2.45, 2.75) is 76.9 Å². The van der Waals surface area contributed by atoms with Crippen molar-refractivity contribution in [2.24, 2.45) is 0 Å². The third kappa shape index (κ3) is 7.14. The lowest BCUT2D eigenvalue weighted by atomic mass is 10.1. The van der Waals surface area contributed by atoms with Gasteiger partial charge in [0, 0.05) is 18.2 Å². The third-order valence-electron chi connectivity index (χ3n) is 7.83. The van der Waals surface area contributed by atoms with Crippen LogP contribution >= 0.6 is 0 Å². The van der Waals surface area contributed by atoms with E-state index in [4.69, 9.17) is 0 Å². The Hall–Kier alpha value is -3.72. The van der Waals surface area contributed by atoms with E-state index in [9.17, 15) is 22.4 Å². The molecule has 1 aliphatic carbocycles. The van der Waals surface area contributed by atoms with E-state index >= 15 is 0 Å². The molecule has 41 heavy (non-hydrogen) atoms. The minimum absolute atomic E-state index is 0.0318. The van der Waals surface area contributed by atoms with Gasteiger partial charge < -0.3 is 10.2 Å². The molecule has 0 aromatic heterocycles. The van der Waals surface area contributed by atoms with Crippen LogP contribution in [0.5, 0.6) is 0 Å². The highest BCUT2D eigenvalue weighted by molar-refractivity contribution is 7.92. The van der Waals surface area contributed by atoms with E-state index in [1.165, 1.54) is 23.1 Å². The van der Waals surface area contributed by atoms with E-state index in [0.717, 1.165) is 46.7 Å². The second kappa shape index (κ2) is 12.9. The maximum Gasteiger partial charge on any atom is 0.264 e. The van der Waals surface area contributed by atoms with Crippen molar-refractivity contribution >= 4 is 27.5 Å². The van der Waals surface area contributed by atoms with Gasteiger partial charge in [-0.1, -0.05) is 54.8 Å². The van der Waals surface area contributed by atoms with Crippen molar-refractivity contribution in [1.29, 1.82) is 0 Å². The average molecular weight is 580 g/mol. The summed E-state index contributed by atoms with van der Waals surface area (Å²) >= 11 is 0. The van der Waals surface area contributed by atoms with Crippen LogP contribution in [0.1, 0.15) is 54.9 Å². The number of carbonyl (C=O) groups excluding carboxylic acids is 2. The normalized spacial score (nSPS) is 14.5. The summed E-state index contributed by atoms with van der Waals surface area (Å²) in [6, 6.07) is 16.8. The minimum Gasteiger partial charge on any atom is -0.352 e. The van der Waals surface area contributed by atoms with Gasteiger partial charge in [-0.05, 0) is 82.0 Å². The SMILES string of the molecule is Cc1ccc(S(=O)(=O)N(CC(=O)N(Cc2ccccc2F)C(C)C(=O)NC2CCCC2)c2ccc(C)c(C)c2)cc1. The van der Waals surface area contributed by atoms with Gasteiger partial charge in [0.05, 0.1) is 10.6 Å². The molecule has 7 nitrogen and oxygen atoms in total. The molecule has 0 radical (unpaired) electrons. The Morgan fingerprint density at radius 3 is 2.24 bits per heavy atom. The molecule has 4 rings (SSSR count). The van der Waals surface area contributed by atoms with Crippen LogP contribution in [0.15, 0.2) is 71.6 Å². The van der Waals surface area contributed by atoms with Gasteiger partial charge in [-0.15, -0.1) is 0 Å². The predicted molar refractivity (Wildman–Crippen MR) is 158 cm³/mol. The predicted octanol–water partition coefficient (Wildman–Crippen LogP) is 5.42. The number of hydrogen-bond acceptors (Lipinski definition) is 4. The molecular formula is C32H38FN3O4S. The third-order valence-corrected chi connectivity index (χ3v) is 9.62. The Morgan fingerprint density at radius 1 is 0.951 bits per heavy atom. The number of anilines is 1. The highest BCUT2D eigenvalue weighted by Crippen LogP contribution is 2.27. The molecular weight excluding hydrogens is 541 g/mol. The van der Waals surface area contributed by atoms with Crippen LogP contribution in [0.4, 0.5) is 10.1 Å². The number of halogens is 1. The van der Waals surface area contributed by atoms with Gasteiger partial charge in [0.25, 0.3) is 10.0 Å². The van der Waals surface area contributed by atoms with Crippen LogP contribution in [-0.2, 0) is 26.2 Å². The summed E-state index contributed by atoms with van der Waals surface area (Å²) in [7, 11) is -4.16. The van der Waals surface area contributed by atoms with E-state index in [1.807, 2.05) is 26.8 Å². The molecule has 0 saturated heterocycles. The number of carbonyl (C=O) groups is 2. The molecule has 0 aliphatic heterocycles. The summed E-state index contributed by atoms with van der Waals surface area (Å²) < 4.78 is 43.7. The summed E-state index contributed by atoms with van der Waals surface area (Å²) in [5.41, 5.74) is 3.31. The summed E-state index contributed by atoms with van der Waals surface area (Å²) in [5, 5.41) is 3.02. The number of benzene rings is 3. The summed E-state index contributed by atoms with van der Waals surface area (Å²) in [6.45, 7) is 6.50. The Bertz CT molecular complexity index is 1500. The molecule has 1 saturated carbocycles. The summed E-state index contributed by atoms with van der Waals surface area (Å²) in [5.74, 6) is -1.47. The first kappa shape index (κ1) is 30.2. The van der Waals surface area contributed by atoms with Crippen molar-refractivity contribution in [2.75, 3.05) is 10.8 Å². The molecule has 3 aromatic rings. The van der Waals surface area contributed by atoms with Gasteiger partial charge in [0.2, 0.25) is 11.8 Å². The molecule has 1 N–H and O–H groups in total. The topological polar surface area (TPSA) is 86.8 Å². The van der Waals surface area contributed by atoms with Gasteiger partial charge in [-0.2, -0.15) is 0 Å². The van der Waals surface area contributed by atoms with Crippen LogP contribution in [0.25, 0.3) is 0 Å². The molecule has 0 bridgehead atoms. The lowest BCUT2D eigenvalue weighted by Crippen LogP contribution is -2.52. The van der Waals surface area contributed by atoms with E-state index in [-0.39, 0.29) is 29.0 Å². The molecule has 3 aromatic carbocycles. The molecule has 218 valence electrons. The zero-order chi connectivity index (χ0) is 29.7. The first-order valence-corrected chi connectivity index (χ1v) is 15.4. The quantitative estimate of drug-likeness (QED) is 0.348. The fourth-order valence-corrected chi connectivity index (χ4v) is 6.44. The Labute approximate surface area is 242 Å². The Morgan fingerprint density at radius 2 is 1.61 bits per heavy atom. The molecule has 0 heterocycles. The lowest BCUT2D eigenvalue weighted by Gasteiger charge is -2.32. The number of amides is 2. The highest BCUT2D eigenvalue weighted by Gasteiger charge is 2.33. The maximum atomic E-state index is 14.7. The van der Waals surface area contributed by atoms with Crippen LogP contribution < -0.4 is 9.62 Å². The maximum absolute atomic E-state index is 14.7. The first-order valence-electron chi connectivity index (χ1n) is 14.0. The smallest absolute Gasteiger partial charge is 0.264 e. The van der Waals surface area contributed by atoms with Gasteiger partial charge >= 0.3 is 0 Å². The molecule has 1 unspecified atom stereocenters. The number of rotatable bonds is 10. The molecule has 1 fully saturated rings. The van der Waals surface area contributed by atoms with Crippen LogP contribution in [0.3, 0.4) is 0 Å². The second-order valence-corrected chi connectivity index (χ2v) is 12.7. The number of hydrogen-bond donors (Lipinski definition) is 1. The minimum atomic E-state index is -4.16. The summed E-state index contributed by atoms with van der Waals surface area (Å²) in [6.07, 6.45) is 3.79. The standard InChI is InChI=1S/C32H38FN3O4S/c1-22-13-17-29(18-14-22)41(39,40)36(28-16-15-23(2)24(3)19-28)21-31(37)35(20-26-9-5-8-12-30(26)33)25(4)32(38)34-27-10-6-7-11-27/h5,8-9,12-19,25,27H,6-7,10-11,20-21H2,1-4H3,(H,34,38). The van der Waals surface area contributed by atoms with Crippen molar-refractivity contribution < 1.29 is 22.4 Å². The zero-order valence-electron chi connectivity index (χ0n) is 24.1. The van der Waals surface area contributed by atoms with Crippen LogP contribution in [0, 0.1) is 26.6 Å². The van der Waals surface area contributed by atoms with Gasteiger partial charge in [0.15, 0.2) is 0 Å². The van der Waals surface area contributed by atoms with Crippen molar-refractivity contribution in [3.05, 3.63) is 94.8 Å². The molecule has 1 aliphatic rings. The molecule has 1 atom stereocenters. The van der Waals surface area contributed by atoms with Crippen molar-refractivity contribution in [1.82, 2.24) is 10.2 Å². The first-order chi connectivity index (χ1) is 19.5. The summed E-state index contributed by atoms with van der Waals surface area (Å²) in [4.78, 5) is 28.6. The van der Waals surface area contributed by atoms with E-state index in [2.05, 4.69) is 5.32 Å². The molecule has 2 amide bonds. The van der Waals surface area contributed by atoms with Gasteiger partial charge in [0.1, 0.15) is 18.4 Å². The fraction of sp³-hybridized carbons (Fsp3) is 0.375. The lowest BCUT2D eigenvalue weighted by molar-refractivity contribution is -0.139. The number of sulfonamides is 1. The van der Waals surface area contributed by atoms with Gasteiger partial charge in [-0.3, -0.25) is 13.9 Å². The fourth-order valence-electron chi connectivity index (χ4n) is 5.03. The van der Waals surface area contributed by atoms with Crippen LogP contribution in [0.2, 0.25) is 0 Å². The molecule has 0 spiro atoms. The number of aryl methyl sites for hydroxylation is 3. The highest BCUT2D eigenvalue weighted by atomic mass is 32.2. The van der Waals surface area contributed by atoms with Crippen molar-refractivity contribution in [3.8, 4) is 0 Å². The second-order valence-electron chi connectivity index (χ2n) is 10.9. The largest absolute Gasteiger partial charge is 0.352 e. The van der Waals surface area contributed by atoms with E-state index in [1.54, 1.807) is 49.4 Å². The Kier molecular flexibility index (Phi) is 9.48. The van der Waals surface area contributed by atoms with Crippen LogP contribution in [-0.4, -0.2) is 43.8 Å². The van der Waals surface area contributed by atoms with Gasteiger partial charge in [-0.25, -0.2) is 12.8 Å². The van der Waals surface area contributed by atoms with Crippen molar-refractivity contribution in [3.63, 3.8) is 0 Å². The molecule has 9 heteroatoms. The van der Waals surface area contributed by atoms with E-state index in [0.29, 0.717) is 5.69 Å². The number of nitrogens with one attached hydrogen (secondary N) is 1. The van der Waals surface area contributed by atoms with E-state index < -0.39 is 34.3 Å². The number of nitrogens with zero attached hydrogens (tertiary/aromatic N) is 2. The zero-order valence-corrected chi connectivity index (χ0v) is 24.9. The average Bonchev–Trinajstić information content (AvgIpc) is 3.45. The Balaban J connectivity index is 1.71. The monoisotopic (exact) mass is 579 g/mol.